The Hall–Kier alpha value is -3.12. The highest BCUT2D eigenvalue weighted by Crippen LogP contribution is 2.24. The Labute approximate surface area is 189 Å². The molecule has 2 aromatic carbocycles. The summed E-state index contributed by atoms with van der Waals surface area (Å²) >= 11 is 0. The first-order valence-electron chi connectivity index (χ1n) is 11.3. The zero-order valence-electron chi connectivity index (χ0n) is 18.9. The minimum atomic E-state index is 0.131. The van der Waals surface area contributed by atoms with Crippen molar-refractivity contribution in [3.63, 3.8) is 0 Å². The average Bonchev–Trinajstić information content (AvgIpc) is 3.32. The largest absolute Gasteiger partial charge is 0.497 e. The molecule has 32 heavy (non-hydrogen) atoms. The molecule has 0 N–H and O–H groups in total. The lowest BCUT2D eigenvalue weighted by atomic mass is 10.0. The van der Waals surface area contributed by atoms with E-state index in [2.05, 4.69) is 11.8 Å². The summed E-state index contributed by atoms with van der Waals surface area (Å²) in [4.78, 5) is 21.9. The lowest BCUT2D eigenvalue weighted by Gasteiger charge is -2.38. The summed E-state index contributed by atoms with van der Waals surface area (Å²) in [6.07, 6.45) is 4.78. The van der Waals surface area contributed by atoms with Crippen molar-refractivity contribution in [1.82, 2.24) is 14.8 Å². The van der Waals surface area contributed by atoms with E-state index in [1.54, 1.807) is 13.4 Å². The van der Waals surface area contributed by atoms with E-state index in [0.29, 0.717) is 11.9 Å². The lowest BCUT2D eigenvalue weighted by Crippen LogP contribution is -2.46. The van der Waals surface area contributed by atoms with Gasteiger partial charge in [0.25, 0.3) is 5.91 Å². The average molecular weight is 434 g/mol. The van der Waals surface area contributed by atoms with Crippen molar-refractivity contribution in [2.24, 2.45) is 0 Å². The molecule has 1 amide bonds. The maximum atomic E-state index is 12.8. The second kappa shape index (κ2) is 10.5. The number of hydrogen-bond acceptors (Lipinski definition) is 5. The van der Waals surface area contributed by atoms with E-state index in [0.717, 1.165) is 68.0 Å². The Morgan fingerprint density at radius 2 is 1.84 bits per heavy atom. The fourth-order valence-electron chi connectivity index (χ4n) is 4.33. The smallest absolute Gasteiger partial charge is 0.253 e. The molecule has 1 aliphatic heterocycles. The second-order valence-electron chi connectivity index (χ2n) is 8.23. The molecule has 1 fully saturated rings. The van der Waals surface area contributed by atoms with Gasteiger partial charge < -0.3 is 14.1 Å². The van der Waals surface area contributed by atoms with Gasteiger partial charge in [0.2, 0.25) is 5.89 Å². The van der Waals surface area contributed by atoms with Crippen molar-refractivity contribution in [3.05, 3.63) is 72.1 Å². The van der Waals surface area contributed by atoms with Crippen molar-refractivity contribution in [2.45, 2.75) is 38.8 Å². The van der Waals surface area contributed by atoms with Gasteiger partial charge in [-0.2, -0.15) is 0 Å². The van der Waals surface area contributed by atoms with E-state index < -0.39 is 0 Å². The Morgan fingerprint density at radius 3 is 2.50 bits per heavy atom. The minimum Gasteiger partial charge on any atom is -0.497 e. The van der Waals surface area contributed by atoms with Gasteiger partial charge in [-0.15, -0.1) is 0 Å². The minimum absolute atomic E-state index is 0.131. The molecule has 0 atom stereocenters. The zero-order chi connectivity index (χ0) is 22.3. The van der Waals surface area contributed by atoms with E-state index in [-0.39, 0.29) is 5.91 Å². The molecule has 0 unspecified atom stereocenters. The van der Waals surface area contributed by atoms with Crippen LogP contribution in [0.3, 0.4) is 0 Å². The number of carbonyl (C=O) groups is 1. The molecule has 168 valence electrons. The van der Waals surface area contributed by atoms with Crippen molar-refractivity contribution in [3.8, 4) is 17.2 Å². The number of hydrogen-bond donors (Lipinski definition) is 0. The van der Waals surface area contributed by atoms with Crippen LogP contribution >= 0.6 is 0 Å². The molecule has 0 bridgehead atoms. The summed E-state index contributed by atoms with van der Waals surface area (Å²) in [5, 5.41) is 0. The highest BCUT2D eigenvalue weighted by atomic mass is 16.5. The highest BCUT2D eigenvalue weighted by molar-refractivity contribution is 5.94. The zero-order valence-corrected chi connectivity index (χ0v) is 18.9. The maximum absolute atomic E-state index is 12.8. The van der Waals surface area contributed by atoms with E-state index >= 15 is 0 Å². The van der Waals surface area contributed by atoms with E-state index in [1.165, 1.54) is 0 Å². The third-order valence-electron chi connectivity index (χ3n) is 6.05. The van der Waals surface area contributed by atoms with Crippen LogP contribution in [0.4, 0.5) is 0 Å². The van der Waals surface area contributed by atoms with Gasteiger partial charge in [0.15, 0.2) is 0 Å². The fraction of sp³-hybridized carbons (Fsp3) is 0.385. The summed E-state index contributed by atoms with van der Waals surface area (Å²) in [5.74, 6) is 1.57. The van der Waals surface area contributed by atoms with Gasteiger partial charge in [0.1, 0.15) is 12.0 Å². The summed E-state index contributed by atoms with van der Waals surface area (Å²) in [7, 11) is 1.66. The first-order chi connectivity index (χ1) is 15.7. The fourth-order valence-corrected chi connectivity index (χ4v) is 4.33. The van der Waals surface area contributed by atoms with Gasteiger partial charge in [-0.3, -0.25) is 9.69 Å². The van der Waals surface area contributed by atoms with Crippen LogP contribution in [0, 0.1) is 0 Å². The molecule has 6 heteroatoms. The van der Waals surface area contributed by atoms with E-state index in [1.807, 2.05) is 59.5 Å². The summed E-state index contributed by atoms with van der Waals surface area (Å²) in [6.45, 7) is 5.53. The number of carbonyl (C=O) groups excluding carboxylic acids is 1. The van der Waals surface area contributed by atoms with Gasteiger partial charge in [-0.05, 0) is 62.2 Å². The highest BCUT2D eigenvalue weighted by Gasteiger charge is 2.27. The molecule has 1 aromatic heterocycles. The Balaban J connectivity index is 1.37. The molecule has 3 aromatic rings. The molecule has 0 aliphatic carbocycles. The van der Waals surface area contributed by atoms with Crippen LogP contribution in [-0.4, -0.2) is 53.5 Å². The standard InChI is InChI=1S/C26H31N3O3/c1-3-15-29(18-22-19-32-25(27-22)20-9-11-24(31-2)12-10-20)23-13-16-28(17-14-23)26(30)21-7-5-4-6-8-21/h4-12,19,23H,3,13-18H2,1-2H3. The predicted octanol–water partition coefficient (Wildman–Crippen LogP) is 4.87. The van der Waals surface area contributed by atoms with Gasteiger partial charge in [0.05, 0.1) is 12.8 Å². The summed E-state index contributed by atoms with van der Waals surface area (Å²) in [5.41, 5.74) is 2.64. The molecular weight excluding hydrogens is 402 g/mol. The maximum Gasteiger partial charge on any atom is 0.253 e. The molecule has 1 aliphatic rings. The van der Waals surface area contributed by atoms with Crippen molar-refractivity contribution >= 4 is 5.91 Å². The lowest BCUT2D eigenvalue weighted by molar-refractivity contribution is 0.0605. The van der Waals surface area contributed by atoms with Crippen molar-refractivity contribution in [1.29, 1.82) is 0 Å². The van der Waals surface area contributed by atoms with Gasteiger partial charge in [-0.1, -0.05) is 25.1 Å². The normalized spacial score (nSPS) is 14.7. The molecule has 6 nitrogen and oxygen atoms in total. The van der Waals surface area contributed by atoms with E-state index in [9.17, 15) is 4.79 Å². The van der Waals surface area contributed by atoms with Crippen molar-refractivity contribution < 1.29 is 13.9 Å². The molecule has 0 saturated carbocycles. The summed E-state index contributed by atoms with van der Waals surface area (Å²) < 4.78 is 11.0. The van der Waals surface area contributed by atoms with Crippen LogP contribution in [0.25, 0.3) is 11.5 Å². The third kappa shape index (κ3) is 5.19. The number of rotatable bonds is 8. The molecule has 1 saturated heterocycles. The number of aromatic nitrogens is 1. The third-order valence-corrected chi connectivity index (χ3v) is 6.05. The molecule has 2 heterocycles. The first kappa shape index (κ1) is 22.1. The second-order valence-corrected chi connectivity index (χ2v) is 8.23. The van der Waals surface area contributed by atoms with Gasteiger partial charge in [0, 0.05) is 36.8 Å². The van der Waals surface area contributed by atoms with Crippen LogP contribution < -0.4 is 4.74 Å². The van der Waals surface area contributed by atoms with E-state index in [4.69, 9.17) is 14.1 Å². The number of oxazole rings is 1. The van der Waals surface area contributed by atoms with Crippen LogP contribution in [0.15, 0.2) is 65.3 Å². The number of piperidine rings is 1. The molecular formula is C26H31N3O3. The number of ether oxygens (including phenoxy) is 1. The number of nitrogens with zero attached hydrogens (tertiary/aromatic N) is 3. The quantitative estimate of drug-likeness (QED) is 0.507. The Kier molecular flexibility index (Phi) is 7.22. The Bertz CT molecular complexity index is 993. The Morgan fingerprint density at radius 1 is 1.12 bits per heavy atom. The summed E-state index contributed by atoms with van der Waals surface area (Å²) in [6, 6.07) is 17.7. The molecule has 0 radical (unpaired) electrons. The van der Waals surface area contributed by atoms with Crippen LogP contribution in [0.2, 0.25) is 0 Å². The number of methoxy groups -OCH3 is 1. The predicted molar refractivity (Wildman–Crippen MR) is 125 cm³/mol. The first-order valence-corrected chi connectivity index (χ1v) is 11.3. The van der Waals surface area contributed by atoms with Gasteiger partial charge in [-0.25, -0.2) is 4.98 Å². The van der Waals surface area contributed by atoms with Crippen LogP contribution in [0.5, 0.6) is 5.75 Å². The topological polar surface area (TPSA) is 58.8 Å². The van der Waals surface area contributed by atoms with Gasteiger partial charge >= 0.3 is 0 Å². The van der Waals surface area contributed by atoms with Crippen molar-refractivity contribution in [2.75, 3.05) is 26.7 Å². The monoisotopic (exact) mass is 433 g/mol. The molecule has 4 rings (SSSR count). The molecule has 0 spiro atoms. The van der Waals surface area contributed by atoms with Crippen LogP contribution in [-0.2, 0) is 6.54 Å². The number of likely N-dealkylation sites (tertiary alicyclic amines) is 1. The van der Waals surface area contributed by atoms with Crippen LogP contribution in [0.1, 0.15) is 42.2 Å². The number of amides is 1. The SMILES string of the molecule is CCCN(Cc1coc(-c2ccc(OC)cc2)n1)C1CCN(C(=O)c2ccccc2)CC1. The number of benzene rings is 2.